The maximum Gasteiger partial charge on any atom is 0.150 e. The van der Waals surface area contributed by atoms with Gasteiger partial charge in [0, 0.05) is 28.4 Å². The molecule has 0 spiro atoms. The van der Waals surface area contributed by atoms with Gasteiger partial charge in [-0.1, -0.05) is 151 Å². The number of carbonyl (C=O) groups is 1. The third-order valence-corrected chi connectivity index (χ3v) is 8.61. The zero-order valence-electron chi connectivity index (χ0n) is 30.1. The maximum absolute atomic E-state index is 10.4. The number of nitrogens with two attached hydrogens (primary N) is 1. The summed E-state index contributed by atoms with van der Waals surface area (Å²) in [6.07, 6.45) is 6.66. The van der Waals surface area contributed by atoms with Crippen LogP contribution in [0.4, 0.5) is 0 Å². The Morgan fingerprint density at radius 3 is 1.44 bits per heavy atom. The Bertz CT molecular complexity index is 1550. The minimum atomic E-state index is 0. The van der Waals surface area contributed by atoms with Crippen molar-refractivity contribution in [3.63, 3.8) is 0 Å². The molecule has 4 rings (SSSR count). The molecule has 0 atom stereocenters. The average molecular weight is 710 g/mol. The third-order valence-electron chi connectivity index (χ3n) is 7.87. The van der Waals surface area contributed by atoms with Gasteiger partial charge in [0.2, 0.25) is 0 Å². The van der Waals surface area contributed by atoms with Gasteiger partial charge in [0.1, 0.15) is 6.29 Å². The summed E-state index contributed by atoms with van der Waals surface area (Å²) >= 11 is 12.1. The van der Waals surface area contributed by atoms with E-state index in [0.29, 0.717) is 6.54 Å². The van der Waals surface area contributed by atoms with E-state index >= 15 is 0 Å². The first-order valence-electron chi connectivity index (χ1n) is 16.6. The van der Waals surface area contributed by atoms with Crippen LogP contribution in [0.25, 0.3) is 0 Å². The van der Waals surface area contributed by atoms with Crippen molar-refractivity contribution in [1.29, 1.82) is 0 Å². The Labute approximate surface area is 306 Å². The molecule has 0 heterocycles. The van der Waals surface area contributed by atoms with Crippen LogP contribution in [0.1, 0.15) is 105 Å². The van der Waals surface area contributed by atoms with Gasteiger partial charge in [-0.15, -0.1) is 12.4 Å². The summed E-state index contributed by atoms with van der Waals surface area (Å²) in [6.45, 7) is 18.9. The molecule has 260 valence electrons. The molecule has 48 heavy (non-hydrogen) atoms. The lowest BCUT2D eigenvalue weighted by Crippen LogP contribution is -2.10. The van der Waals surface area contributed by atoms with Gasteiger partial charge in [0.05, 0.1) is 0 Å². The summed E-state index contributed by atoms with van der Waals surface area (Å²) < 4.78 is 0. The lowest BCUT2D eigenvalue weighted by molar-refractivity contribution is 0.112. The highest BCUT2D eigenvalue weighted by Gasteiger charge is 2.13. The van der Waals surface area contributed by atoms with E-state index in [4.69, 9.17) is 28.9 Å². The van der Waals surface area contributed by atoms with Crippen LogP contribution < -0.4 is 5.73 Å². The summed E-state index contributed by atoms with van der Waals surface area (Å²) in [4.78, 5) is 14.9. The van der Waals surface area contributed by atoms with Crippen LogP contribution in [-0.2, 0) is 36.5 Å². The van der Waals surface area contributed by atoms with Crippen molar-refractivity contribution in [2.75, 3.05) is 13.1 Å². The molecule has 0 aliphatic heterocycles. The second kappa shape index (κ2) is 21.2. The van der Waals surface area contributed by atoms with Crippen LogP contribution in [-0.4, -0.2) is 25.6 Å². The summed E-state index contributed by atoms with van der Waals surface area (Å²) in [6, 6.07) is 28.8. The van der Waals surface area contributed by atoms with Gasteiger partial charge in [0.25, 0.3) is 0 Å². The Morgan fingerprint density at radius 1 is 0.646 bits per heavy atom. The number of hydrogen-bond donors (Lipinski definition) is 1. The van der Waals surface area contributed by atoms with Gasteiger partial charge < -0.3 is 5.73 Å². The predicted molar refractivity (Wildman–Crippen MR) is 214 cm³/mol. The minimum absolute atomic E-state index is 0. The van der Waals surface area contributed by atoms with E-state index in [2.05, 4.69) is 103 Å². The normalized spacial score (nSPS) is 11.1. The van der Waals surface area contributed by atoms with Crippen molar-refractivity contribution >= 4 is 48.1 Å². The molecule has 0 amide bonds. The smallest absolute Gasteiger partial charge is 0.150 e. The topological polar surface area (TPSA) is 55.5 Å². The van der Waals surface area contributed by atoms with E-state index in [-0.39, 0.29) is 23.2 Å². The van der Waals surface area contributed by atoms with Crippen molar-refractivity contribution < 1.29 is 4.79 Å². The lowest BCUT2D eigenvalue weighted by atomic mass is 9.87. The summed E-state index contributed by atoms with van der Waals surface area (Å²) in [5.41, 5.74) is 15.3. The zero-order valence-corrected chi connectivity index (χ0v) is 32.4. The number of hydrogen-bond acceptors (Lipinski definition) is 3. The minimum Gasteiger partial charge on any atom is -0.330 e. The van der Waals surface area contributed by atoms with Crippen molar-refractivity contribution in [3.8, 4) is 0 Å². The molecule has 0 saturated carbocycles. The van der Waals surface area contributed by atoms with Gasteiger partial charge >= 0.3 is 0 Å². The van der Waals surface area contributed by atoms with E-state index in [0.717, 1.165) is 59.7 Å². The molecule has 3 nitrogen and oxygen atoms in total. The van der Waals surface area contributed by atoms with Crippen LogP contribution in [0.2, 0.25) is 10.0 Å². The molecule has 0 aliphatic rings. The molecule has 4 aromatic carbocycles. The summed E-state index contributed by atoms with van der Waals surface area (Å²) in [5, 5.41) is 1.72. The number of aliphatic imine (C=N–C) groups is 1. The summed E-state index contributed by atoms with van der Waals surface area (Å²) in [5.74, 6) is 0. The van der Waals surface area contributed by atoms with E-state index < -0.39 is 0 Å². The number of aryl methyl sites for hydroxylation is 2. The molecule has 0 radical (unpaired) electrons. The quantitative estimate of drug-likeness (QED) is 0.139. The second-order valence-corrected chi connectivity index (χ2v) is 14.6. The van der Waals surface area contributed by atoms with Crippen LogP contribution >= 0.6 is 35.6 Å². The molecule has 0 saturated heterocycles. The molecule has 2 N–H and O–H groups in total. The van der Waals surface area contributed by atoms with Gasteiger partial charge in [-0.3, -0.25) is 9.79 Å². The van der Waals surface area contributed by atoms with Crippen molar-refractivity contribution in [2.24, 2.45) is 10.7 Å². The van der Waals surface area contributed by atoms with Crippen LogP contribution in [0.3, 0.4) is 0 Å². The first kappa shape index (κ1) is 43.1. The monoisotopic (exact) mass is 708 g/mol. The second-order valence-electron chi connectivity index (χ2n) is 13.7. The third kappa shape index (κ3) is 15.1. The van der Waals surface area contributed by atoms with Crippen LogP contribution in [0, 0.1) is 0 Å². The highest BCUT2D eigenvalue weighted by molar-refractivity contribution is 6.31. The Kier molecular flexibility index (Phi) is 19.0. The molecule has 0 unspecified atom stereocenters. The largest absolute Gasteiger partial charge is 0.330 e. The van der Waals surface area contributed by atoms with Gasteiger partial charge in [-0.05, 0) is 94.1 Å². The van der Waals surface area contributed by atoms with Gasteiger partial charge in [0.15, 0.2) is 0 Å². The van der Waals surface area contributed by atoms with Crippen molar-refractivity contribution in [1.82, 2.24) is 0 Å². The maximum atomic E-state index is 10.4. The molecule has 0 fully saturated rings. The van der Waals surface area contributed by atoms with Crippen LogP contribution in [0.15, 0.2) is 89.9 Å². The first-order valence-corrected chi connectivity index (χ1v) is 17.4. The number of nitrogens with zero attached hydrogens (tertiary/aromatic N) is 1. The first-order chi connectivity index (χ1) is 22.2. The van der Waals surface area contributed by atoms with E-state index in [1.165, 1.54) is 33.4 Å². The van der Waals surface area contributed by atoms with E-state index in [1.807, 2.05) is 48.7 Å². The fourth-order valence-electron chi connectivity index (χ4n) is 4.77. The van der Waals surface area contributed by atoms with Gasteiger partial charge in [-0.2, -0.15) is 0 Å². The van der Waals surface area contributed by atoms with E-state index in [9.17, 15) is 4.79 Å². The number of carbonyl (C=O) groups excluding carboxylic acids is 1. The number of halogens is 3. The SMILES string of the molecule is CC(C)(C)c1ccc(C=O)cc1.CCc1cc(CCN)ccc1Cl.CCc1cc(CCN=Cc2ccc(C(C)(C)C)cc2)ccc1Cl.Cl. The lowest BCUT2D eigenvalue weighted by Gasteiger charge is -2.18. The average Bonchev–Trinajstić information content (AvgIpc) is 3.05. The molecular weight excluding hydrogens is 655 g/mol. The molecule has 0 aromatic heterocycles. The zero-order chi connectivity index (χ0) is 35.0. The van der Waals surface area contributed by atoms with Crippen molar-refractivity contribution in [2.45, 2.75) is 91.9 Å². The summed E-state index contributed by atoms with van der Waals surface area (Å²) in [7, 11) is 0. The van der Waals surface area contributed by atoms with E-state index in [1.54, 1.807) is 0 Å². The fraction of sp³-hybridized carbons (Fsp3) is 0.381. The fourth-order valence-corrected chi connectivity index (χ4v) is 5.27. The van der Waals surface area contributed by atoms with Gasteiger partial charge in [-0.25, -0.2) is 0 Å². The number of aldehydes is 1. The Hall–Kier alpha value is -2.95. The molecular formula is C42H55Cl3N2O. The highest BCUT2D eigenvalue weighted by atomic mass is 35.5. The Morgan fingerprint density at radius 2 is 1.06 bits per heavy atom. The van der Waals surface area contributed by atoms with Crippen molar-refractivity contribution in [3.05, 3.63) is 139 Å². The number of rotatable bonds is 9. The molecule has 6 heteroatoms. The Balaban J connectivity index is 0.000000390. The number of benzene rings is 4. The standard InChI is InChI=1S/C21H26ClN.C11H14O.C10H14ClN.ClH/c1-5-18-14-16(8-11-20(18)22)12-13-23-15-17-6-9-19(10-7-17)21(2,3)4;1-11(2,3)10-6-4-9(8-12)5-7-10;1-2-9-7-8(5-6-12)3-4-10(9)11;/h6-11,14-15H,5,12-13H2,1-4H3;4-8H,1-3H3;3-4,7H,2,5-6,12H2,1H3;1H. The predicted octanol–water partition coefficient (Wildman–Crippen LogP) is 11.5. The highest BCUT2D eigenvalue weighted by Crippen LogP contribution is 2.23. The molecule has 0 bridgehead atoms. The van der Waals surface area contributed by atoms with Crippen LogP contribution in [0.5, 0.6) is 0 Å². The molecule has 0 aliphatic carbocycles. The molecule has 4 aromatic rings.